The van der Waals surface area contributed by atoms with Crippen LogP contribution in [0.1, 0.15) is 61.5 Å². The molecule has 0 aliphatic carbocycles. The van der Waals surface area contributed by atoms with Crippen LogP contribution < -0.4 is 11.1 Å². The molecule has 3 aliphatic heterocycles. The molecule has 4 N–H and O–H groups in total. The van der Waals surface area contributed by atoms with E-state index < -0.39 is 5.97 Å². The number of hydrogen-bond acceptors (Lipinski definition) is 8. The van der Waals surface area contributed by atoms with Gasteiger partial charge in [0.05, 0.1) is 24.1 Å². The van der Waals surface area contributed by atoms with Crippen LogP contribution in [0.2, 0.25) is 0 Å². The van der Waals surface area contributed by atoms with E-state index in [4.69, 9.17) is 5.73 Å². The van der Waals surface area contributed by atoms with E-state index in [-0.39, 0.29) is 11.5 Å². The maximum absolute atomic E-state index is 11.3. The lowest BCUT2D eigenvalue weighted by atomic mass is 9.92. The minimum Gasteiger partial charge on any atom is -0.476 e. The zero-order chi connectivity index (χ0) is 24.9. The van der Waals surface area contributed by atoms with Gasteiger partial charge in [-0.2, -0.15) is 5.10 Å². The topological polar surface area (TPSA) is 125 Å². The first kappa shape index (κ1) is 25.1. The van der Waals surface area contributed by atoms with Crippen molar-refractivity contribution < 1.29 is 9.90 Å². The fourth-order valence-corrected chi connectivity index (χ4v) is 6.02. The van der Waals surface area contributed by atoms with Gasteiger partial charge in [-0.1, -0.05) is 0 Å². The number of nitrogen functional groups attached to an aromatic ring is 1. The predicted molar refractivity (Wildman–Crippen MR) is 139 cm³/mol. The normalized spacial score (nSPS) is 21.7. The Balaban J connectivity index is 1.05. The van der Waals surface area contributed by atoms with E-state index >= 15 is 0 Å². The van der Waals surface area contributed by atoms with Crippen LogP contribution in [0.3, 0.4) is 0 Å². The van der Waals surface area contributed by atoms with E-state index in [1.807, 2.05) is 10.9 Å². The maximum atomic E-state index is 11.3. The van der Waals surface area contributed by atoms with E-state index in [9.17, 15) is 9.90 Å². The van der Waals surface area contributed by atoms with Gasteiger partial charge in [-0.05, 0) is 89.5 Å². The monoisotopic (exact) mass is 496 g/mol. The van der Waals surface area contributed by atoms with Gasteiger partial charge in [0, 0.05) is 31.4 Å². The molecule has 5 heterocycles. The SMILES string of the molecule is Nc1ncc(-c2cnn(C3CCN(CC4CCN(CCC5CCNCC5)CC4)CC3)c2)nc1C(=O)O. The second-order valence-electron chi connectivity index (χ2n) is 10.8. The Morgan fingerprint density at radius 2 is 1.72 bits per heavy atom. The summed E-state index contributed by atoms with van der Waals surface area (Å²) in [6, 6.07) is 0.354. The average Bonchev–Trinajstić information content (AvgIpc) is 3.40. The molecule has 10 nitrogen and oxygen atoms in total. The highest BCUT2D eigenvalue weighted by Gasteiger charge is 2.26. The van der Waals surface area contributed by atoms with Gasteiger partial charge in [0.1, 0.15) is 0 Å². The second-order valence-corrected chi connectivity index (χ2v) is 10.8. The van der Waals surface area contributed by atoms with Crippen molar-refractivity contribution in [1.29, 1.82) is 0 Å². The van der Waals surface area contributed by atoms with Crippen LogP contribution in [0.25, 0.3) is 11.3 Å². The van der Waals surface area contributed by atoms with Gasteiger partial charge < -0.3 is 26.0 Å². The van der Waals surface area contributed by atoms with E-state index in [1.165, 1.54) is 77.6 Å². The molecule has 0 spiro atoms. The first-order valence-corrected chi connectivity index (χ1v) is 13.6. The van der Waals surface area contributed by atoms with Crippen LogP contribution in [0.15, 0.2) is 18.6 Å². The average molecular weight is 497 g/mol. The lowest BCUT2D eigenvalue weighted by Crippen LogP contribution is -2.42. The van der Waals surface area contributed by atoms with Crippen LogP contribution >= 0.6 is 0 Å². The molecular weight excluding hydrogens is 456 g/mol. The van der Waals surface area contributed by atoms with Gasteiger partial charge >= 0.3 is 5.97 Å². The van der Waals surface area contributed by atoms with Crippen molar-refractivity contribution in [3.63, 3.8) is 0 Å². The molecular formula is C26H40N8O2. The molecule has 3 saturated heterocycles. The molecule has 0 saturated carbocycles. The summed E-state index contributed by atoms with van der Waals surface area (Å²) >= 11 is 0. The van der Waals surface area contributed by atoms with Crippen molar-refractivity contribution >= 4 is 11.8 Å². The molecule has 0 bridgehead atoms. The Hall–Kier alpha value is -2.56. The molecule has 36 heavy (non-hydrogen) atoms. The zero-order valence-electron chi connectivity index (χ0n) is 21.2. The number of hydrogen-bond donors (Lipinski definition) is 3. The Labute approximate surface area is 213 Å². The van der Waals surface area contributed by atoms with Gasteiger partial charge in [-0.3, -0.25) is 4.68 Å². The van der Waals surface area contributed by atoms with Crippen molar-refractivity contribution in [2.75, 3.05) is 58.1 Å². The molecule has 0 unspecified atom stereocenters. The van der Waals surface area contributed by atoms with Crippen molar-refractivity contribution in [1.82, 2.24) is 34.9 Å². The van der Waals surface area contributed by atoms with Crippen LogP contribution in [0, 0.1) is 11.8 Å². The Morgan fingerprint density at radius 1 is 1.00 bits per heavy atom. The molecule has 2 aromatic heterocycles. The summed E-state index contributed by atoms with van der Waals surface area (Å²) in [6.07, 6.45) is 14.1. The lowest BCUT2D eigenvalue weighted by Gasteiger charge is -2.38. The first-order valence-electron chi connectivity index (χ1n) is 13.6. The summed E-state index contributed by atoms with van der Waals surface area (Å²) in [7, 11) is 0. The Kier molecular flexibility index (Phi) is 8.13. The van der Waals surface area contributed by atoms with E-state index in [2.05, 4.69) is 30.2 Å². The van der Waals surface area contributed by atoms with Crippen LogP contribution in [-0.4, -0.2) is 93.0 Å². The minimum absolute atomic E-state index is 0.0751. The number of aromatic nitrogens is 4. The molecule has 0 atom stereocenters. The van der Waals surface area contributed by atoms with E-state index in [1.54, 1.807) is 6.20 Å². The third-order valence-corrected chi connectivity index (χ3v) is 8.37. The van der Waals surface area contributed by atoms with Gasteiger partial charge in [0.15, 0.2) is 11.5 Å². The number of carboxylic acid groups (broad SMARTS) is 1. The smallest absolute Gasteiger partial charge is 0.358 e. The Bertz CT molecular complexity index is 1010. The molecule has 0 aromatic carbocycles. The second kappa shape index (κ2) is 11.7. The number of rotatable bonds is 8. The molecule has 0 radical (unpaired) electrons. The number of aromatic carboxylic acids is 1. The highest BCUT2D eigenvalue weighted by atomic mass is 16.4. The third kappa shape index (κ3) is 6.22. The molecule has 10 heteroatoms. The van der Waals surface area contributed by atoms with Gasteiger partial charge in [0.2, 0.25) is 0 Å². The summed E-state index contributed by atoms with van der Waals surface area (Å²) in [5.41, 5.74) is 6.66. The number of likely N-dealkylation sites (tertiary alicyclic amines) is 2. The fraction of sp³-hybridized carbons (Fsp3) is 0.692. The molecule has 3 fully saturated rings. The summed E-state index contributed by atoms with van der Waals surface area (Å²) < 4.78 is 2.01. The van der Waals surface area contributed by atoms with Crippen LogP contribution in [0.4, 0.5) is 5.82 Å². The van der Waals surface area contributed by atoms with Crippen LogP contribution in [0.5, 0.6) is 0 Å². The van der Waals surface area contributed by atoms with E-state index in [0.29, 0.717) is 11.7 Å². The van der Waals surface area contributed by atoms with Crippen molar-refractivity contribution in [3.8, 4) is 11.3 Å². The van der Waals surface area contributed by atoms with Gasteiger partial charge in [0.25, 0.3) is 0 Å². The molecule has 2 aromatic rings. The molecule has 3 aliphatic rings. The maximum Gasteiger partial charge on any atom is 0.358 e. The molecule has 5 rings (SSSR count). The number of nitrogens with two attached hydrogens (primary N) is 1. The lowest BCUT2D eigenvalue weighted by molar-refractivity contribution is 0.0691. The minimum atomic E-state index is -1.18. The summed E-state index contributed by atoms with van der Waals surface area (Å²) in [6.45, 7) is 9.64. The number of piperidine rings is 3. The fourth-order valence-electron chi connectivity index (χ4n) is 6.02. The van der Waals surface area contributed by atoms with Crippen molar-refractivity contribution in [3.05, 3.63) is 24.3 Å². The zero-order valence-corrected chi connectivity index (χ0v) is 21.2. The van der Waals surface area contributed by atoms with E-state index in [0.717, 1.165) is 43.3 Å². The summed E-state index contributed by atoms with van der Waals surface area (Å²) in [4.78, 5) is 24.8. The number of nitrogens with zero attached hydrogens (tertiary/aromatic N) is 6. The largest absolute Gasteiger partial charge is 0.476 e. The Morgan fingerprint density at radius 3 is 2.44 bits per heavy atom. The first-order chi connectivity index (χ1) is 17.5. The highest BCUT2D eigenvalue weighted by molar-refractivity contribution is 5.90. The van der Waals surface area contributed by atoms with Crippen LogP contribution in [-0.2, 0) is 0 Å². The number of nitrogens with one attached hydrogen (secondary N) is 1. The van der Waals surface area contributed by atoms with Gasteiger partial charge in [-0.15, -0.1) is 0 Å². The summed E-state index contributed by atoms with van der Waals surface area (Å²) in [5.74, 6) is 0.497. The van der Waals surface area contributed by atoms with Crippen molar-refractivity contribution in [2.45, 2.75) is 51.0 Å². The summed E-state index contributed by atoms with van der Waals surface area (Å²) in [5, 5.41) is 17.3. The quantitative estimate of drug-likeness (QED) is 0.505. The molecule has 196 valence electrons. The predicted octanol–water partition coefficient (Wildman–Crippen LogP) is 2.36. The van der Waals surface area contributed by atoms with Gasteiger partial charge in [-0.25, -0.2) is 14.8 Å². The number of carbonyl (C=O) groups is 1. The standard InChI is InChI=1S/C26H40N8O2/c27-25-24(26(35)36)31-23(16-29-25)21-15-30-34(18-21)22-6-13-33(14-7-22)17-20-4-11-32(12-5-20)10-3-19-1-8-28-9-2-19/h15-16,18-20,22,28H,1-14,17H2,(H2,27,29)(H,35,36). The highest BCUT2D eigenvalue weighted by Crippen LogP contribution is 2.27. The third-order valence-electron chi connectivity index (χ3n) is 8.37. The number of carboxylic acids is 1. The molecule has 0 amide bonds. The van der Waals surface area contributed by atoms with Crippen molar-refractivity contribution in [2.24, 2.45) is 11.8 Å². The number of anilines is 1.